The lowest BCUT2D eigenvalue weighted by atomic mass is 9.90. The fourth-order valence-electron chi connectivity index (χ4n) is 3.54. The molecule has 1 aromatic carbocycles. The minimum absolute atomic E-state index is 0.327. The van der Waals surface area contributed by atoms with Gasteiger partial charge in [0.2, 0.25) is 0 Å². The first-order chi connectivity index (χ1) is 10.2. The topological polar surface area (TPSA) is 49.8 Å². The van der Waals surface area contributed by atoms with Crippen LogP contribution in [0.15, 0.2) is 24.3 Å². The van der Waals surface area contributed by atoms with E-state index in [0.29, 0.717) is 18.3 Å². The highest BCUT2D eigenvalue weighted by atomic mass is 16.5. The van der Waals surface area contributed by atoms with Gasteiger partial charge in [-0.3, -0.25) is 4.79 Å². The van der Waals surface area contributed by atoms with Crippen molar-refractivity contribution in [3.63, 3.8) is 0 Å². The first-order valence-electron chi connectivity index (χ1n) is 7.88. The van der Waals surface area contributed by atoms with Crippen LogP contribution in [-0.4, -0.2) is 42.2 Å². The van der Waals surface area contributed by atoms with E-state index in [2.05, 4.69) is 23.1 Å². The first kappa shape index (κ1) is 14.4. The molecule has 1 atom stereocenters. The van der Waals surface area contributed by atoms with Crippen molar-refractivity contribution in [2.75, 3.05) is 26.2 Å². The van der Waals surface area contributed by atoms with Crippen LogP contribution < -0.4 is 4.74 Å². The number of hydrogen-bond acceptors (Lipinski definition) is 3. The van der Waals surface area contributed by atoms with Gasteiger partial charge >= 0.3 is 5.97 Å². The van der Waals surface area contributed by atoms with Crippen molar-refractivity contribution in [1.82, 2.24) is 4.90 Å². The second-order valence-corrected chi connectivity index (χ2v) is 6.21. The second-order valence-electron chi connectivity index (χ2n) is 6.21. The smallest absolute Gasteiger partial charge is 0.303 e. The number of piperidine rings is 1. The predicted molar refractivity (Wildman–Crippen MR) is 80.7 cm³/mol. The number of fused-ring (bicyclic) bond motifs is 1. The lowest BCUT2D eigenvalue weighted by Crippen LogP contribution is -2.38. The van der Waals surface area contributed by atoms with Crippen molar-refractivity contribution in [1.29, 1.82) is 0 Å². The van der Waals surface area contributed by atoms with Gasteiger partial charge in [-0.05, 0) is 49.9 Å². The van der Waals surface area contributed by atoms with Crippen molar-refractivity contribution < 1.29 is 14.6 Å². The number of likely N-dealkylation sites (tertiary alicyclic amines) is 1. The number of carbonyl (C=O) groups is 1. The molecule has 3 rings (SSSR count). The van der Waals surface area contributed by atoms with E-state index < -0.39 is 5.97 Å². The Kier molecular flexibility index (Phi) is 4.44. The maximum absolute atomic E-state index is 10.8. The van der Waals surface area contributed by atoms with E-state index in [1.807, 2.05) is 6.07 Å². The van der Waals surface area contributed by atoms with Gasteiger partial charge in [0.1, 0.15) is 5.75 Å². The van der Waals surface area contributed by atoms with Crippen molar-refractivity contribution in [3.8, 4) is 5.75 Å². The van der Waals surface area contributed by atoms with E-state index in [4.69, 9.17) is 9.84 Å². The molecule has 2 aliphatic heterocycles. The Morgan fingerprint density at radius 2 is 2.00 bits per heavy atom. The third-order valence-corrected chi connectivity index (χ3v) is 4.73. The third kappa shape index (κ3) is 3.56. The number of benzene rings is 1. The van der Waals surface area contributed by atoms with Gasteiger partial charge < -0.3 is 14.7 Å². The molecular weight excluding hydrogens is 266 g/mol. The Morgan fingerprint density at radius 3 is 2.76 bits per heavy atom. The molecule has 2 aliphatic rings. The molecule has 0 radical (unpaired) electrons. The van der Waals surface area contributed by atoms with Gasteiger partial charge in [-0.2, -0.15) is 0 Å². The molecule has 4 heteroatoms. The van der Waals surface area contributed by atoms with Gasteiger partial charge in [0.15, 0.2) is 0 Å². The normalized spacial score (nSPS) is 23.3. The molecule has 1 saturated heterocycles. The van der Waals surface area contributed by atoms with E-state index in [1.165, 1.54) is 5.56 Å². The molecule has 1 unspecified atom stereocenters. The number of carboxylic acids is 1. The van der Waals surface area contributed by atoms with Crippen LogP contribution >= 0.6 is 0 Å². The van der Waals surface area contributed by atoms with Crippen LogP contribution in [0.25, 0.3) is 0 Å². The van der Waals surface area contributed by atoms with E-state index in [-0.39, 0.29) is 0 Å². The molecule has 0 saturated carbocycles. The Hall–Kier alpha value is -1.55. The summed E-state index contributed by atoms with van der Waals surface area (Å²) in [6.45, 7) is 3.92. The van der Waals surface area contributed by atoms with Crippen molar-refractivity contribution in [2.24, 2.45) is 5.92 Å². The summed E-state index contributed by atoms with van der Waals surface area (Å²) in [6, 6.07) is 8.34. The number of carboxylic acid groups (broad SMARTS) is 1. The number of hydrogen-bond donors (Lipinski definition) is 1. The largest absolute Gasteiger partial charge is 0.493 e. The number of para-hydroxylation sites is 1. The lowest BCUT2D eigenvalue weighted by molar-refractivity contribution is -0.138. The van der Waals surface area contributed by atoms with Crippen LogP contribution in [0.5, 0.6) is 5.75 Å². The molecule has 4 nitrogen and oxygen atoms in total. The zero-order chi connectivity index (χ0) is 14.7. The highest BCUT2D eigenvalue weighted by molar-refractivity contribution is 5.67. The Balaban J connectivity index is 1.56. The van der Waals surface area contributed by atoms with E-state index in [9.17, 15) is 4.79 Å². The highest BCUT2D eigenvalue weighted by Gasteiger charge is 2.26. The number of ether oxygens (including phenoxy) is 1. The second kappa shape index (κ2) is 6.48. The molecule has 1 N–H and O–H groups in total. The summed E-state index contributed by atoms with van der Waals surface area (Å²) in [5.74, 6) is 1.29. The maximum Gasteiger partial charge on any atom is 0.303 e. The van der Waals surface area contributed by atoms with Crippen molar-refractivity contribution >= 4 is 5.97 Å². The van der Waals surface area contributed by atoms with E-state index in [0.717, 1.165) is 51.3 Å². The Bertz CT molecular complexity index is 495. The zero-order valence-corrected chi connectivity index (χ0v) is 12.3. The molecule has 0 amide bonds. The summed E-state index contributed by atoms with van der Waals surface area (Å²) in [5.41, 5.74) is 1.33. The summed E-state index contributed by atoms with van der Waals surface area (Å²) < 4.78 is 5.72. The maximum atomic E-state index is 10.8. The summed E-state index contributed by atoms with van der Waals surface area (Å²) >= 11 is 0. The molecule has 0 bridgehead atoms. The SMILES string of the molecule is O=C(O)CC1CCN(CC2CCOc3ccccc32)CC1. The third-order valence-electron chi connectivity index (χ3n) is 4.73. The molecule has 21 heavy (non-hydrogen) atoms. The summed E-state index contributed by atoms with van der Waals surface area (Å²) in [7, 11) is 0. The van der Waals surface area contributed by atoms with Crippen LogP contribution in [0.2, 0.25) is 0 Å². The molecule has 0 aliphatic carbocycles. The van der Waals surface area contributed by atoms with Gasteiger partial charge in [-0.1, -0.05) is 18.2 Å². The minimum atomic E-state index is -0.660. The Labute approximate surface area is 125 Å². The van der Waals surface area contributed by atoms with E-state index in [1.54, 1.807) is 0 Å². The standard InChI is InChI=1S/C17H23NO3/c19-17(20)11-13-5-8-18(9-6-13)12-14-7-10-21-16-4-2-1-3-15(14)16/h1-4,13-14H,5-12H2,(H,19,20). The van der Waals surface area contributed by atoms with Crippen LogP contribution in [0, 0.1) is 5.92 Å². The quantitative estimate of drug-likeness (QED) is 0.926. The molecule has 1 fully saturated rings. The van der Waals surface area contributed by atoms with Crippen LogP contribution in [0.4, 0.5) is 0 Å². The van der Waals surface area contributed by atoms with Crippen molar-refractivity contribution in [3.05, 3.63) is 29.8 Å². The molecule has 1 aromatic rings. The Morgan fingerprint density at radius 1 is 1.24 bits per heavy atom. The van der Waals surface area contributed by atoms with Crippen molar-refractivity contribution in [2.45, 2.75) is 31.6 Å². The first-order valence-corrected chi connectivity index (χ1v) is 7.88. The molecular formula is C17H23NO3. The summed E-state index contributed by atoms with van der Waals surface area (Å²) in [5, 5.41) is 8.87. The monoisotopic (exact) mass is 289 g/mol. The number of nitrogens with zero attached hydrogens (tertiary/aromatic N) is 1. The zero-order valence-electron chi connectivity index (χ0n) is 12.3. The molecule has 2 heterocycles. The van der Waals surface area contributed by atoms with Crippen LogP contribution in [0.1, 0.15) is 37.2 Å². The fourth-order valence-corrected chi connectivity index (χ4v) is 3.54. The lowest BCUT2D eigenvalue weighted by Gasteiger charge is -2.35. The summed E-state index contributed by atoms with van der Waals surface area (Å²) in [4.78, 5) is 13.3. The van der Waals surface area contributed by atoms with Gasteiger partial charge in [0.05, 0.1) is 6.61 Å². The highest BCUT2D eigenvalue weighted by Crippen LogP contribution is 2.34. The van der Waals surface area contributed by atoms with E-state index >= 15 is 0 Å². The number of aliphatic carboxylic acids is 1. The van der Waals surface area contributed by atoms with Gasteiger partial charge in [0.25, 0.3) is 0 Å². The molecule has 0 aromatic heterocycles. The number of rotatable bonds is 4. The van der Waals surface area contributed by atoms with Crippen LogP contribution in [0.3, 0.4) is 0 Å². The van der Waals surface area contributed by atoms with Gasteiger partial charge in [-0.25, -0.2) is 0 Å². The van der Waals surface area contributed by atoms with Gasteiger partial charge in [0, 0.05) is 18.9 Å². The van der Waals surface area contributed by atoms with Crippen LogP contribution in [-0.2, 0) is 4.79 Å². The average Bonchev–Trinajstić information content (AvgIpc) is 2.49. The minimum Gasteiger partial charge on any atom is -0.493 e. The average molecular weight is 289 g/mol. The fraction of sp³-hybridized carbons (Fsp3) is 0.588. The summed E-state index contributed by atoms with van der Waals surface area (Å²) in [6.07, 6.45) is 3.42. The van der Waals surface area contributed by atoms with Gasteiger partial charge in [-0.15, -0.1) is 0 Å². The molecule has 0 spiro atoms. The molecule has 114 valence electrons. The predicted octanol–water partition coefficient (Wildman–Crippen LogP) is 2.74.